The zero-order chi connectivity index (χ0) is 25.5. The van der Waals surface area contributed by atoms with Gasteiger partial charge in [0.25, 0.3) is 0 Å². The van der Waals surface area contributed by atoms with Crippen LogP contribution in [0.1, 0.15) is 5.69 Å². The van der Waals surface area contributed by atoms with Crippen molar-refractivity contribution in [1.29, 1.82) is 0 Å². The van der Waals surface area contributed by atoms with E-state index in [4.69, 9.17) is 14.4 Å². The maximum Gasteiger partial charge on any atom is 0.240 e. The van der Waals surface area contributed by atoms with Gasteiger partial charge in [-0.2, -0.15) is 0 Å². The predicted octanol–water partition coefficient (Wildman–Crippen LogP) is 4.07. The molecule has 1 amide bonds. The van der Waals surface area contributed by atoms with Crippen molar-refractivity contribution in [2.75, 3.05) is 49.8 Å². The molecule has 37 heavy (non-hydrogen) atoms. The van der Waals surface area contributed by atoms with Crippen LogP contribution < -0.4 is 15.5 Å². The minimum Gasteiger partial charge on any atom is -0.436 e. The molecule has 186 valence electrons. The van der Waals surface area contributed by atoms with E-state index >= 15 is 0 Å². The maximum absolute atomic E-state index is 13.0. The number of anilines is 4. The molecule has 0 spiro atoms. The fourth-order valence-electron chi connectivity index (χ4n) is 4.50. The lowest BCUT2D eigenvalue weighted by molar-refractivity contribution is -0.119. The van der Waals surface area contributed by atoms with Crippen molar-refractivity contribution in [3.8, 4) is 11.5 Å². The van der Waals surface area contributed by atoms with Crippen LogP contribution in [0.2, 0.25) is 0 Å². The molecule has 1 aliphatic heterocycles. The van der Waals surface area contributed by atoms with Crippen molar-refractivity contribution in [2.45, 2.75) is 6.42 Å². The summed E-state index contributed by atoms with van der Waals surface area (Å²) in [6.45, 7) is 0.979. The average molecular weight is 495 g/mol. The second-order valence-corrected chi connectivity index (χ2v) is 9.14. The molecule has 10 nitrogen and oxygen atoms in total. The Kier molecular flexibility index (Phi) is 5.65. The molecule has 0 saturated carbocycles. The van der Waals surface area contributed by atoms with Gasteiger partial charge in [0.05, 0.1) is 12.1 Å². The second kappa shape index (κ2) is 9.14. The van der Waals surface area contributed by atoms with Gasteiger partial charge in [0, 0.05) is 61.6 Å². The van der Waals surface area contributed by atoms with Crippen molar-refractivity contribution in [2.24, 2.45) is 0 Å². The van der Waals surface area contributed by atoms with Gasteiger partial charge in [0.1, 0.15) is 23.0 Å². The molecule has 0 fully saturated rings. The Bertz CT molecular complexity index is 1650. The zero-order valence-corrected chi connectivity index (χ0v) is 20.8. The zero-order valence-electron chi connectivity index (χ0n) is 20.8. The van der Waals surface area contributed by atoms with Crippen LogP contribution in [0.5, 0.6) is 0 Å². The molecule has 5 heterocycles. The van der Waals surface area contributed by atoms with Gasteiger partial charge in [0.15, 0.2) is 5.58 Å². The van der Waals surface area contributed by atoms with Gasteiger partial charge in [-0.05, 0) is 43.4 Å². The van der Waals surface area contributed by atoms with Crippen molar-refractivity contribution in [1.82, 2.24) is 24.8 Å². The number of oxazole rings is 1. The molecule has 1 aromatic carbocycles. The van der Waals surface area contributed by atoms with Crippen LogP contribution in [0.25, 0.3) is 33.3 Å². The van der Waals surface area contributed by atoms with Gasteiger partial charge in [-0.3, -0.25) is 9.69 Å². The Morgan fingerprint density at radius 1 is 1.00 bits per heavy atom. The molecule has 1 aliphatic rings. The molecule has 6 rings (SSSR count). The Hall–Kier alpha value is -4.57. The Labute approximate surface area is 213 Å². The van der Waals surface area contributed by atoms with E-state index in [-0.39, 0.29) is 12.5 Å². The molecule has 7 bridgehead atoms. The molecule has 2 N–H and O–H groups in total. The second-order valence-electron chi connectivity index (χ2n) is 9.14. The van der Waals surface area contributed by atoms with Crippen LogP contribution in [0.15, 0.2) is 59.3 Å². The minimum atomic E-state index is -0.0116. The number of nitrogens with zero attached hydrogens (tertiary/aromatic N) is 6. The Morgan fingerprint density at radius 2 is 1.89 bits per heavy atom. The lowest BCUT2D eigenvalue weighted by Gasteiger charge is -2.22. The number of nitrogens with one attached hydrogen (secondary N) is 2. The van der Waals surface area contributed by atoms with E-state index in [1.165, 1.54) is 0 Å². The number of carbonyl (C=O) groups excluding carboxylic acids is 1. The first-order valence-corrected chi connectivity index (χ1v) is 12.0. The summed E-state index contributed by atoms with van der Waals surface area (Å²) in [6.07, 6.45) is 4.24. The summed E-state index contributed by atoms with van der Waals surface area (Å²) in [5.74, 6) is 2.48. The van der Waals surface area contributed by atoms with Gasteiger partial charge < -0.3 is 20.0 Å². The standard InChI is InChI=1S/C27H26N8O2/c1-28-26-19-13-29-24-12-18(19)20(14-30-26)27-32-21-11-17(7-8-22(21)37-27)35(3)25(36)15-34(2)10-9-16-5-4-6-23(31-16)33-24/h4-8,11-14H,9-10,15H2,1-3H3,(H,28,30)(H,29,31,33). The predicted molar refractivity (Wildman–Crippen MR) is 144 cm³/mol. The molecule has 0 atom stereocenters. The largest absolute Gasteiger partial charge is 0.436 e. The highest BCUT2D eigenvalue weighted by Crippen LogP contribution is 2.35. The fourth-order valence-corrected chi connectivity index (χ4v) is 4.50. The number of hydrogen-bond acceptors (Lipinski definition) is 9. The lowest BCUT2D eigenvalue weighted by atomic mass is 10.1. The average Bonchev–Trinajstić information content (AvgIpc) is 3.33. The first-order valence-electron chi connectivity index (χ1n) is 12.0. The van der Waals surface area contributed by atoms with Gasteiger partial charge in [0.2, 0.25) is 11.8 Å². The summed E-state index contributed by atoms with van der Waals surface area (Å²) in [7, 11) is 5.54. The van der Waals surface area contributed by atoms with E-state index < -0.39 is 0 Å². The van der Waals surface area contributed by atoms with Gasteiger partial charge in [-0.15, -0.1) is 0 Å². The van der Waals surface area contributed by atoms with E-state index in [2.05, 4.69) is 20.6 Å². The Balaban J connectivity index is 1.53. The third-order valence-electron chi connectivity index (χ3n) is 6.59. The number of benzene rings is 1. The fraction of sp³-hybridized carbons (Fsp3) is 0.222. The lowest BCUT2D eigenvalue weighted by Crippen LogP contribution is -2.37. The third-order valence-corrected chi connectivity index (χ3v) is 6.59. The summed E-state index contributed by atoms with van der Waals surface area (Å²) in [5.41, 5.74) is 3.71. The number of pyridine rings is 3. The van der Waals surface area contributed by atoms with E-state index in [0.717, 1.165) is 27.7 Å². The molecule has 0 unspecified atom stereocenters. The van der Waals surface area contributed by atoms with Crippen LogP contribution in [-0.4, -0.2) is 65.0 Å². The van der Waals surface area contributed by atoms with Crippen molar-refractivity contribution >= 4 is 50.9 Å². The number of fused-ring (bicyclic) bond motifs is 6. The molecular weight excluding hydrogens is 468 g/mol. The smallest absolute Gasteiger partial charge is 0.240 e. The molecule has 0 saturated heterocycles. The van der Waals surface area contributed by atoms with Crippen LogP contribution >= 0.6 is 0 Å². The highest BCUT2D eigenvalue weighted by Gasteiger charge is 2.19. The van der Waals surface area contributed by atoms with Gasteiger partial charge in [-0.1, -0.05) is 6.07 Å². The molecular formula is C27H26N8O2. The molecule has 4 aromatic heterocycles. The van der Waals surface area contributed by atoms with Crippen LogP contribution in [-0.2, 0) is 11.2 Å². The number of aromatic nitrogens is 4. The SMILES string of the molecule is CNc1ncc2c3cc(ncc13)Nc1cccc(n1)CCN(C)CC(=O)N(C)c1ccc3oc-2nc3c1. The summed E-state index contributed by atoms with van der Waals surface area (Å²) in [5, 5.41) is 8.18. The van der Waals surface area contributed by atoms with Crippen molar-refractivity contribution in [3.05, 3.63) is 60.6 Å². The summed E-state index contributed by atoms with van der Waals surface area (Å²) >= 11 is 0. The first kappa shape index (κ1) is 22.9. The number of carbonyl (C=O) groups is 1. The Morgan fingerprint density at radius 3 is 2.76 bits per heavy atom. The summed E-state index contributed by atoms with van der Waals surface area (Å²) in [4.78, 5) is 35.3. The van der Waals surface area contributed by atoms with Gasteiger partial charge >= 0.3 is 0 Å². The third kappa shape index (κ3) is 4.31. The van der Waals surface area contributed by atoms with Crippen molar-refractivity contribution in [3.63, 3.8) is 0 Å². The molecule has 5 aromatic rings. The number of rotatable bonds is 1. The summed E-state index contributed by atoms with van der Waals surface area (Å²) in [6, 6.07) is 13.4. The molecule has 0 aliphatic carbocycles. The number of amides is 1. The normalized spacial score (nSPS) is 14.7. The maximum atomic E-state index is 13.0. The van der Waals surface area contributed by atoms with E-state index in [9.17, 15) is 4.79 Å². The number of hydrogen-bond donors (Lipinski definition) is 2. The van der Waals surface area contributed by atoms with Gasteiger partial charge in [-0.25, -0.2) is 19.9 Å². The van der Waals surface area contributed by atoms with E-state index in [0.29, 0.717) is 47.4 Å². The highest BCUT2D eigenvalue weighted by molar-refractivity contribution is 6.02. The number of likely N-dealkylation sites (N-methyl/N-ethyl adjacent to an activating group) is 2. The minimum absolute atomic E-state index is 0.0116. The van der Waals surface area contributed by atoms with Crippen LogP contribution in [0.4, 0.5) is 23.1 Å². The molecule has 0 radical (unpaired) electrons. The monoisotopic (exact) mass is 494 g/mol. The molecule has 10 heteroatoms. The first-order chi connectivity index (χ1) is 18.0. The topological polar surface area (TPSA) is 112 Å². The highest BCUT2D eigenvalue weighted by atomic mass is 16.3. The van der Waals surface area contributed by atoms with Crippen molar-refractivity contribution < 1.29 is 9.21 Å². The van der Waals surface area contributed by atoms with Crippen LogP contribution in [0.3, 0.4) is 0 Å². The van der Waals surface area contributed by atoms with E-state index in [1.807, 2.05) is 61.5 Å². The van der Waals surface area contributed by atoms with Crippen LogP contribution in [0, 0.1) is 0 Å². The summed E-state index contributed by atoms with van der Waals surface area (Å²) < 4.78 is 6.14. The quantitative estimate of drug-likeness (QED) is 0.356. The van der Waals surface area contributed by atoms with E-state index in [1.54, 1.807) is 24.3 Å².